The standard InChI is InChI=1S/C31H35NO7S/c33-13-14-40-20-27-17-28(23-9-7-21(19-34)8-10-23)39-31(38-27)26-6-2-5-25(16-26)24-4-1-3-22(15-24)18-32-29(35)11-12-30(36)37/h1-10,15-16,27-28,31,33-34H,11-14,17-20H2,(H,32,35)(H,36,37). The molecule has 1 aliphatic rings. The van der Waals surface area contributed by atoms with Crippen LogP contribution in [0.15, 0.2) is 72.8 Å². The number of carbonyl (C=O) groups excluding carboxylic acids is 1. The molecule has 0 radical (unpaired) electrons. The Morgan fingerprint density at radius 1 is 0.875 bits per heavy atom. The zero-order chi connectivity index (χ0) is 28.3. The molecule has 1 aliphatic heterocycles. The van der Waals surface area contributed by atoms with Crippen LogP contribution in [0.5, 0.6) is 0 Å². The summed E-state index contributed by atoms with van der Waals surface area (Å²) in [6.45, 7) is 0.421. The largest absolute Gasteiger partial charge is 0.481 e. The number of benzene rings is 3. The molecule has 3 aromatic carbocycles. The SMILES string of the molecule is O=C(O)CCC(=O)NCc1cccc(-c2cccc(C3OC(CSCCO)CC(c4ccc(CO)cc4)O3)c2)c1. The summed E-state index contributed by atoms with van der Waals surface area (Å²) in [4.78, 5) is 22.6. The first-order chi connectivity index (χ1) is 19.4. The Bertz CT molecular complexity index is 1270. The van der Waals surface area contributed by atoms with Crippen molar-refractivity contribution in [3.8, 4) is 11.1 Å². The predicted molar refractivity (Wildman–Crippen MR) is 153 cm³/mol. The Balaban J connectivity index is 1.50. The summed E-state index contributed by atoms with van der Waals surface area (Å²) in [6.07, 6.45) is -0.373. The highest BCUT2D eigenvalue weighted by Gasteiger charge is 2.32. The number of carboxylic acid groups (broad SMARTS) is 1. The average Bonchev–Trinajstić information content (AvgIpc) is 2.99. The monoisotopic (exact) mass is 565 g/mol. The zero-order valence-corrected chi connectivity index (χ0v) is 23.0. The molecule has 40 heavy (non-hydrogen) atoms. The summed E-state index contributed by atoms with van der Waals surface area (Å²) in [5.74, 6) is 0.0938. The molecule has 212 valence electrons. The second kappa shape index (κ2) is 15.0. The van der Waals surface area contributed by atoms with Crippen LogP contribution in [0.2, 0.25) is 0 Å². The van der Waals surface area contributed by atoms with E-state index in [9.17, 15) is 19.8 Å². The summed E-state index contributed by atoms with van der Waals surface area (Å²) in [5.41, 5.74) is 5.61. The van der Waals surface area contributed by atoms with Gasteiger partial charge in [-0.1, -0.05) is 60.7 Å². The summed E-state index contributed by atoms with van der Waals surface area (Å²) in [7, 11) is 0. The van der Waals surface area contributed by atoms with Crippen molar-refractivity contribution >= 4 is 23.6 Å². The number of hydrogen-bond donors (Lipinski definition) is 4. The molecule has 0 bridgehead atoms. The summed E-state index contributed by atoms with van der Waals surface area (Å²) in [6, 6.07) is 23.6. The minimum atomic E-state index is -0.996. The van der Waals surface area contributed by atoms with Crippen LogP contribution in [0.1, 0.15) is 53.9 Å². The topological polar surface area (TPSA) is 125 Å². The maximum Gasteiger partial charge on any atom is 0.303 e. The molecule has 1 heterocycles. The van der Waals surface area contributed by atoms with E-state index >= 15 is 0 Å². The van der Waals surface area contributed by atoms with Crippen molar-refractivity contribution in [1.29, 1.82) is 0 Å². The molecule has 1 saturated heterocycles. The number of nitrogens with one attached hydrogen (secondary N) is 1. The molecule has 1 amide bonds. The first kappa shape index (κ1) is 29.8. The van der Waals surface area contributed by atoms with Crippen molar-refractivity contribution < 1.29 is 34.4 Å². The number of carbonyl (C=O) groups is 2. The van der Waals surface area contributed by atoms with E-state index in [1.165, 1.54) is 0 Å². The molecule has 0 saturated carbocycles. The van der Waals surface area contributed by atoms with Gasteiger partial charge in [0, 0.05) is 36.5 Å². The normalized spacial score (nSPS) is 18.8. The highest BCUT2D eigenvalue weighted by atomic mass is 32.2. The second-order valence-electron chi connectivity index (χ2n) is 9.64. The number of ether oxygens (including phenoxy) is 2. The molecule has 4 rings (SSSR count). The lowest BCUT2D eigenvalue weighted by atomic mass is 9.99. The van der Waals surface area contributed by atoms with Crippen molar-refractivity contribution in [1.82, 2.24) is 5.32 Å². The zero-order valence-electron chi connectivity index (χ0n) is 22.2. The van der Waals surface area contributed by atoms with E-state index in [1.807, 2.05) is 72.8 Å². The number of hydrogen-bond acceptors (Lipinski definition) is 7. The number of amides is 1. The molecule has 0 spiro atoms. The molecule has 0 aromatic heterocycles. The number of rotatable bonds is 13. The molecule has 3 aromatic rings. The summed E-state index contributed by atoms with van der Waals surface area (Å²) in [5, 5.41) is 30.2. The van der Waals surface area contributed by atoms with Crippen LogP contribution in [-0.4, -0.2) is 51.4 Å². The maximum atomic E-state index is 11.9. The number of aliphatic hydroxyl groups excluding tert-OH is 2. The molecule has 0 aliphatic carbocycles. The van der Waals surface area contributed by atoms with Crippen molar-refractivity contribution in [2.45, 2.75) is 50.9 Å². The van der Waals surface area contributed by atoms with Crippen molar-refractivity contribution in [3.05, 3.63) is 95.1 Å². The Morgan fingerprint density at radius 3 is 2.35 bits per heavy atom. The minimum absolute atomic E-state index is 0.0109. The van der Waals surface area contributed by atoms with E-state index in [-0.39, 0.29) is 44.2 Å². The lowest BCUT2D eigenvalue weighted by molar-refractivity contribution is -0.245. The van der Waals surface area contributed by atoms with Gasteiger partial charge in [0.1, 0.15) is 0 Å². The van der Waals surface area contributed by atoms with Crippen LogP contribution >= 0.6 is 11.8 Å². The lowest BCUT2D eigenvalue weighted by Crippen LogP contribution is -2.31. The van der Waals surface area contributed by atoms with E-state index in [0.717, 1.165) is 39.1 Å². The fourth-order valence-corrected chi connectivity index (χ4v) is 5.31. The van der Waals surface area contributed by atoms with Crippen LogP contribution in [0.3, 0.4) is 0 Å². The van der Waals surface area contributed by atoms with Crippen molar-refractivity contribution in [2.75, 3.05) is 18.1 Å². The third-order valence-electron chi connectivity index (χ3n) is 6.63. The quantitative estimate of drug-likeness (QED) is 0.222. The van der Waals surface area contributed by atoms with E-state index in [1.54, 1.807) is 11.8 Å². The molecule has 8 nitrogen and oxygen atoms in total. The van der Waals surface area contributed by atoms with Gasteiger partial charge < -0.3 is 30.1 Å². The van der Waals surface area contributed by atoms with Gasteiger partial charge in [0.2, 0.25) is 5.91 Å². The van der Waals surface area contributed by atoms with Crippen LogP contribution in [0.4, 0.5) is 0 Å². The van der Waals surface area contributed by atoms with Crippen LogP contribution in [-0.2, 0) is 32.2 Å². The minimum Gasteiger partial charge on any atom is -0.481 e. The van der Waals surface area contributed by atoms with Gasteiger partial charge in [-0.2, -0.15) is 11.8 Å². The highest BCUT2D eigenvalue weighted by molar-refractivity contribution is 7.99. The molecule has 1 fully saturated rings. The van der Waals surface area contributed by atoms with E-state index in [2.05, 4.69) is 5.32 Å². The summed E-state index contributed by atoms with van der Waals surface area (Å²) >= 11 is 1.65. The van der Waals surface area contributed by atoms with E-state index < -0.39 is 12.3 Å². The van der Waals surface area contributed by atoms with Crippen LogP contribution < -0.4 is 5.32 Å². The number of carboxylic acids is 1. The first-order valence-electron chi connectivity index (χ1n) is 13.3. The molecular formula is C31H35NO7S. The van der Waals surface area contributed by atoms with Gasteiger partial charge in [-0.05, 0) is 39.9 Å². The van der Waals surface area contributed by atoms with Crippen LogP contribution in [0.25, 0.3) is 11.1 Å². The Morgan fingerprint density at radius 2 is 1.62 bits per heavy atom. The van der Waals surface area contributed by atoms with Gasteiger partial charge in [-0.3, -0.25) is 9.59 Å². The maximum absolute atomic E-state index is 11.9. The molecule has 9 heteroatoms. The van der Waals surface area contributed by atoms with Gasteiger partial charge in [0.25, 0.3) is 0 Å². The van der Waals surface area contributed by atoms with Gasteiger partial charge in [-0.25, -0.2) is 0 Å². The fraction of sp³-hybridized carbons (Fsp3) is 0.355. The average molecular weight is 566 g/mol. The molecule has 3 unspecified atom stereocenters. The van der Waals surface area contributed by atoms with Crippen LogP contribution in [0, 0.1) is 0 Å². The number of aliphatic hydroxyl groups is 2. The van der Waals surface area contributed by atoms with Gasteiger partial charge in [-0.15, -0.1) is 0 Å². The Labute approximate surface area is 238 Å². The fourth-order valence-electron chi connectivity index (χ4n) is 4.54. The summed E-state index contributed by atoms with van der Waals surface area (Å²) < 4.78 is 12.8. The van der Waals surface area contributed by atoms with Gasteiger partial charge in [0.05, 0.1) is 31.8 Å². The smallest absolute Gasteiger partial charge is 0.303 e. The van der Waals surface area contributed by atoms with Crippen molar-refractivity contribution in [3.63, 3.8) is 0 Å². The Hall–Kier alpha value is -3.21. The Kier molecular flexibility index (Phi) is 11.1. The number of aliphatic carboxylic acids is 1. The van der Waals surface area contributed by atoms with Gasteiger partial charge >= 0.3 is 5.97 Å². The lowest BCUT2D eigenvalue weighted by Gasteiger charge is -2.36. The number of thioether (sulfide) groups is 1. The second-order valence-corrected chi connectivity index (χ2v) is 10.8. The predicted octanol–water partition coefficient (Wildman–Crippen LogP) is 4.60. The van der Waals surface area contributed by atoms with E-state index in [0.29, 0.717) is 18.7 Å². The van der Waals surface area contributed by atoms with E-state index in [4.69, 9.17) is 14.6 Å². The molecular weight excluding hydrogens is 530 g/mol. The van der Waals surface area contributed by atoms with Crippen molar-refractivity contribution in [2.24, 2.45) is 0 Å². The third-order valence-corrected chi connectivity index (χ3v) is 7.71. The third kappa shape index (κ3) is 8.64. The molecule has 3 atom stereocenters. The first-order valence-corrected chi connectivity index (χ1v) is 14.5. The van der Waals surface area contributed by atoms with Gasteiger partial charge in [0.15, 0.2) is 6.29 Å². The highest BCUT2D eigenvalue weighted by Crippen LogP contribution is 2.39. The molecule has 4 N–H and O–H groups in total.